The van der Waals surface area contributed by atoms with Gasteiger partial charge in [-0.25, -0.2) is 18.6 Å². The molecule has 4 nitrogen and oxygen atoms in total. The van der Waals surface area contributed by atoms with Gasteiger partial charge in [-0.2, -0.15) is 0 Å². The first-order valence-corrected chi connectivity index (χ1v) is 5.26. The summed E-state index contributed by atoms with van der Waals surface area (Å²) in [4.78, 5) is 14.4. The third kappa shape index (κ3) is 2.52. The molecule has 19 heavy (non-hydrogen) atoms. The minimum atomic E-state index is -1.62. The lowest BCUT2D eigenvalue weighted by molar-refractivity contribution is 0.0683. The van der Waals surface area contributed by atoms with Gasteiger partial charge in [0.15, 0.2) is 17.3 Å². The molecule has 0 aliphatic rings. The van der Waals surface area contributed by atoms with Crippen molar-refractivity contribution < 1.29 is 23.4 Å². The van der Waals surface area contributed by atoms with Crippen LogP contribution in [0.4, 0.5) is 8.78 Å². The molecule has 0 atom stereocenters. The predicted octanol–water partition coefficient (Wildman–Crippen LogP) is 2.73. The van der Waals surface area contributed by atoms with E-state index in [4.69, 9.17) is 9.84 Å². The highest BCUT2D eigenvalue weighted by Gasteiger charge is 2.18. The summed E-state index contributed by atoms with van der Waals surface area (Å²) in [6, 6.07) is 7.22. The van der Waals surface area contributed by atoms with Gasteiger partial charge < -0.3 is 9.84 Å². The van der Waals surface area contributed by atoms with Crippen molar-refractivity contribution in [3.8, 4) is 17.0 Å². The van der Waals surface area contributed by atoms with Gasteiger partial charge in [0.25, 0.3) is 0 Å². The fourth-order valence-corrected chi connectivity index (χ4v) is 1.55. The molecule has 0 bridgehead atoms. The van der Waals surface area contributed by atoms with Gasteiger partial charge in [-0.1, -0.05) is 0 Å². The van der Waals surface area contributed by atoms with E-state index in [0.29, 0.717) is 11.3 Å². The summed E-state index contributed by atoms with van der Waals surface area (Å²) in [6.45, 7) is 0. The molecule has 0 radical (unpaired) electrons. The number of ether oxygens (including phenoxy) is 1. The number of nitrogens with zero attached hydrogens (tertiary/aromatic N) is 1. The lowest BCUT2D eigenvalue weighted by Crippen LogP contribution is -2.07. The Balaban J connectivity index is 2.52. The van der Waals surface area contributed by atoms with Gasteiger partial charge in [0.05, 0.1) is 12.8 Å². The first-order valence-electron chi connectivity index (χ1n) is 5.26. The number of hydrogen-bond acceptors (Lipinski definition) is 3. The topological polar surface area (TPSA) is 59.4 Å². The molecule has 1 N–H and O–H groups in total. The van der Waals surface area contributed by atoms with Crippen LogP contribution in [0.25, 0.3) is 11.3 Å². The van der Waals surface area contributed by atoms with E-state index in [1.165, 1.54) is 7.11 Å². The van der Waals surface area contributed by atoms with Crippen molar-refractivity contribution in [1.82, 2.24) is 4.98 Å². The second-order valence-corrected chi connectivity index (χ2v) is 3.69. The van der Waals surface area contributed by atoms with Crippen LogP contribution in [-0.4, -0.2) is 23.2 Å². The van der Waals surface area contributed by atoms with Crippen LogP contribution in [0.5, 0.6) is 5.75 Å². The standard InChI is InChI=1S/C13H9F2NO3/c1-19-8-4-2-7(3-5-8)10-6-9(14)11(15)12(16-10)13(17)18/h2-6H,1H3,(H,17,18). The second kappa shape index (κ2) is 5.01. The zero-order valence-electron chi connectivity index (χ0n) is 9.85. The number of pyridine rings is 1. The van der Waals surface area contributed by atoms with Crippen LogP contribution >= 0.6 is 0 Å². The summed E-state index contributed by atoms with van der Waals surface area (Å²) < 4.78 is 31.5. The molecular formula is C13H9F2NO3. The number of halogens is 2. The van der Waals surface area contributed by atoms with Gasteiger partial charge in [-0.15, -0.1) is 0 Å². The van der Waals surface area contributed by atoms with E-state index >= 15 is 0 Å². The number of aromatic nitrogens is 1. The Labute approximate surface area is 107 Å². The number of carboxylic acids is 1. The highest BCUT2D eigenvalue weighted by atomic mass is 19.2. The van der Waals surface area contributed by atoms with E-state index in [1.54, 1.807) is 24.3 Å². The molecule has 0 fully saturated rings. The number of aromatic carboxylic acids is 1. The summed E-state index contributed by atoms with van der Waals surface area (Å²) in [6.07, 6.45) is 0. The van der Waals surface area contributed by atoms with Crippen molar-refractivity contribution >= 4 is 5.97 Å². The first-order chi connectivity index (χ1) is 9.02. The molecular weight excluding hydrogens is 256 g/mol. The van der Waals surface area contributed by atoms with Crippen molar-refractivity contribution in [1.29, 1.82) is 0 Å². The maximum atomic E-state index is 13.3. The minimum absolute atomic E-state index is 0.0407. The Morgan fingerprint density at radius 1 is 1.26 bits per heavy atom. The molecule has 1 aromatic heterocycles. The highest BCUT2D eigenvalue weighted by Crippen LogP contribution is 2.23. The molecule has 0 aliphatic heterocycles. The van der Waals surface area contributed by atoms with Gasteiger partial charge in [-0.3, -0.25) is 0 Å². The molecule has 98 valence electrons. The molecule has 0 amide bonds. The lowest BCUT2D eigenvalue weighted by atomic mass is 10.1. The van der Waals surface area contributed by atoms with Gasteiger partial charge in [0.1, 0.15) is 5.75 Å². The molecule has 0 unspecified atom stereocenters. The third-order valence-electron chi connectivity index (χ3n) is 2.50. The number of hydrogen-bond donors (Lipinski definition) is 1. The van der Waals surface area contributed by atoms with E-state index in [9.17, 15) is 13.6 Å². The molecule has 6 heteroatoms. The Bertz CT molecular complexity index is 627. The maximum Gasteiger partial charge on any atom is 0.357 e. The van der Waals surface area contributed by atoms with Crippen molar-refractivity contribution in [3.63, 3.8) is 0 Å². The molecule has 1 aromatic carbocycles. The van der Waals surface area contributed by atoms with Crippen LogP contribution in [0.1, 0.15) is 10.5 Å². The Kier molecular flexibility index (Phi) is 3.41. The van der Waals surface area contributed by atoms with E-state index < -0.39 is 23.3 Å². The third-order valence-corrected chi connectivity index (χ3v) is 2.50. The molecule has 0 saturated heterocycles. The maximum absolute atomic E-state index is 13.3. The van der Waals surface area contributed by atoms with Gasteiger partial charge in [-0.05, 0) is 24.3 Å². The van der Waals surface area contributed by atoms with Gasteiger partial charge in [0, 0.05) is 11.6 Å². The van der Waals surface area contributed by atoms with Gasteiger partial charge >= 0.3 is 5.97 Å². The van der Waals surface area contributed by atoms with Crippen molar-refractivity contribution in [2.45, 2.75) is 0 Å². The van der Waals surface area contributed by atoms with E-state index in [1.807, 2.05) is 0 Å². The number of rotatable bonds is 3. The number of carbonyl (C=O) groups is 1. The van der Waals surface area contributed by atoms with Crippen LogP contribution in [0.3, 0.4) is 0 Å². The fourth-order valence-electron chi connectivity index (χ4n) is 1.55. The highest BCUT2D eigenvalue weighted by molar-refractivity contribution is 5.86. The molecule has 0 aliphatic carbocycles. The van der Waals surface area contributed by atoms with Crippen LogP contribution in [0, 0.1) is 11.6 Å². The first kappa shape index (κ1) is 12.9. The summed E-state index contributed by atoms with van der Waals surface area (Å²) in [7, 11) is 1.49. The summed E-state index contributed by atoms with van der Waals surface area (Å²) >= 11 is 0. The summed E-state index contributed by atoms with van der Waals surface area (Å²) in [5.74, 6) is -3.75. The normalized spacial score (nSPS) is 10.3. The van der Waals surface area contributed by atoms with Crippen molar-refractivity contribution in [2.75, 3.05) is 7.11 Å². The monoisotopic (exact) mass is 265 g/mol. The second-order valence-electron chi connectivity index (χ2n) is 3.69. The molecule has 0 saturated carbocycles. The van der Waals surface area contributed by atoms with E-state index in [-0.39, 0.29) is 5.69 Å². The average Bonchev–Trinajstić information content (AvgIpc) is 2.41. The molecule has 1 heterocycles. The number of carboxylic acid groups (broad SMARTS) is 1. The Morgan fingerprint density at radius 2 is 1.89 bits per heavy atom. The van der Waals surface area contributed by atoms with Gasteiger partial charge in [0.2, 0.25) is 0 Å². The summed E-state index contributed by atoms with van der Waals surface area (Å²) in [5.41, 5.74) is -0.438. The molecule has 2 aromatic rings. The van der Waals surface area contributed by atoms with Crippen molar-refractivity contribution in [3.05, 3.63) is 47.7 Å². The van der Waals surface area contributed by atoms with E-state index in [0.717, 1.165) is 6.07 Å². The fraction of sp³-hybridized carbons (Fsp3) is 0.0769. The minimum Gasteiger partial charge on any atom is -0.497 e. The lowest BCUT2D eigenvalue weighted by Gasteiger charge is -2.05. The quantitative estimate of drug-likeness (QED) is 0.927. The molecule has 2 rings (SSSR count). The smallest absolute Gasteiger partial charge is 0.357 e. The zero-order chi connectivity index (χ0) is 14.0. The molecule has 0 spiro atoms. The predicted molar refractivity (Wildman–Crippen MR) is 63.1 cm³/mol. The number of methoxy groups -OCH3 is 1. The zero-order valence-corrected chi connectivity index (χ0v) is 9.85. The average molecular weight is 265 g/mol. The Hall–Kier alpha value is -2.50. The largest absolute Gasteiger partial charge is 0.497 e. The summed E-state index contributed by atoms with van der Waals surface area (Å²) in [5, 5.41) is 8.75. The van der Waals surface area contributed by atoms with Crippen LogP contribution in [0.15, 0.2) is 30.3 Å². The van der Waals surface area contributed by atoms with E-state index in [2.05, 4.69) is 4.98 Å². The Morgan fingerprint density at radius 3 is 2.42 bits per heavy atom. The van der Waals surface area contributed by atoms with Crippen LogP contribution < -0.4 is 4.74 Å². The number of benzene rings is 1. The van der Waals surface area contributed by atoms with Crippen LogP contribution in [0.2, 0.25) is 0 Å². The van der Waals surface area contributed by atoms with Crippen LogP contribution in [-0.2, 0) is 0 Å². The SMILES string of the molecule is COc1ccc(-c2cc(F)c(F)c(C(=O)O)n2)cc1. The van der Waals surface area contributed by atoms with Crippen molar-refractivity contribution in [2.24, 2.45) is 0 Å².